The summed E-state index contributed by atoms with van der Waals surface area (Å²) in [7, 11) is 2.02. The maximum Gasteiger partial charge on any atom is 0.167 e. The van der Waals surface area contributed by atoms with Gasteiger partial charge >= 0.3 is 0 Å². The second kappa shape index (κ2) is 10.3. The molecule has 4 rings (SSSR count). The molecule has 0 saturated carbocycles. The van der Waals surface area contributed by atoms with E-state index in [1.165, 1.54) is 11.1 Å². The molecule has 1 heterocycles. The molecule has 0 unspecified atom stereocenters. The second-order valence-corrected chi connectivity index (χ2v) is 8.88. The Morgan fingerprint density at radius 2 is 1.52 bits per heavy atom. The van der Waals surface area contributed by atoms with Gasteiger partial charge in [-0.15, -0.1) is 0 Å². The van der Waals surface area contributed by atoms with E-state index in [0.29, 0.717) is 6.42 Å². The summed E-state index contributed by atoms with van der Waals surface area (Å²) in [6.45, 7) is 0. The molecule has 0 amide bonds. The Kier molecular flexibility index (Phi) is 7.00. The molecule has 0 bridgehead atoms. The second-order valence-electron chi connectivity index (χ2n) is 7.68. The van der Waals surface area contributed by atoms with E-state index in [-0.39, 0.29) is 17.0 Å². The highest BCUT2D eigenvalue weighted by atomic mass is 32.2. The van der Waals surface area contributed by atoms with Gasteiger partial charge in [-0.3, -0.25) is 4.79 Å². The first-order valence-electron chi connectivity index (χ1n) is 10.5. The van der Waals surface area contributed by atoms with Crippen LogP contribution in [0.4, 0.5) is 0 Å². The van der Waals surface area contributed by atoms with E-state index in [9.17, 15) is 4.79 Å². The molecule has 0 spiro atoms. The van der Waals surface area contributed by atoms with Crippen molar-refractivity contribution in [2.75, 3.05) is 0 Å². The molecular weight excluding hydrogens is 400 g/mol. The predicted octanol–water partition coefficient (Wildman–Crippen LogP) is 6.18. The van der Waals surface area contributed by atoms with Gasteiger partial charge in [-0.1, -0.05) is 103 Å². The van der Waals surface area contributed by atoms with Crippen LogP contribution in [0.1, 0.15) is 33.8 Å². The standard InChI is InChI=1S/C27H26N2OS/c1-29-18-17-28-27(29)31-26(19-21-11-5-2-6-12-21)24(22-13-7-3-8-14-22)20-25(30)23-15-9-4-10-16-23/h2-18,24,26H,19-20H2,1H3/t24-,26+/m1/s1. The lowest BCUT2D eigenvalue weighted by molar-refractivity contribution is 0.0973. The molecule has 0 N–H and O–H groups in total. The molecule has 0 radical (unpaired) electrons. The number of thioether (sulfide) groups is 1. The lowest BCUT2D eigenvalue weighted by Crippen LogP contribution is -2.22. The number of carbonyl (C=O) groups is 1. The van der Waals surface area contributed by atoms with Crippen LogP contribution in [0.5, 0.6) is 0 Å². The van der Waals surface area contributed by atoms with Crippen LogP contribution in [-0.2, 0) is 13.5 Å². The van der Waals surface area contributed by atoms with Crippen molar-refractivity contribution in [1.29, 1.82) is 0 Å². The van der Waals surface area contributed by atoms with Gasteiger partial charge in [0.2, 0.25) is 0 Å². The van der Waals surface area contributed by atoms with Crippen molar-refractivity contribution in [2.24, 2.45) is 7.05 Å². The van der Waals surface area contributed by atoms with E-state index < -0.39 is 0 Å². The van der Waals surface area contributed by atoms with E-state index >= 15 is 0 Å². The largest absolute Gasteiger partial charge is 0.329 e. The molecular formula is C27H26N2OS. The summed E-state index contributed by atoms with van der Waals surface area (Å²) in [5.74, 6) is 0.240. The number of imidazole rings is 1. The van der Waals surface area contributed by atoms with Gasteiger partial charge in [0.05, 0.1) is 0 Å². The topological polar surface area (TPSA) is 34.9 Å². The van der Waals surface area contributed by atoms with Crippen molar-refractivity contribution in [2.45, 2.75) is 29.2 Å². The number of ketones is 1. The van der Waals surface area contributed by atoms with Gasteiger partial charge in [-0.2, -0.15) is 0 Å². The number of hydrogen-bond acceptors (Lipinski definition) is 3. The van der Waals surface area contributed by atoms with Gasteiger partial charge in [0.15, 0.2) is 10.9 Å². The lowest BCUT2D eigenvalue weighted by Gasteiger charge is -2.27. The first-order chi connectivity index (χ1) is 15.2. The molecule has 0 aliphatic carbocycles. The van der Waals surface area contributed by atoms with E-state index in [1.807, 2.05) is 66.5 Å². The fraction of sp³-hybridized carbons (Fsp3) is 0.185. The quantitative estimate of drug-likeness (QED) is 0.237. The average molecular weight is 427 g/mol. The fourth-order valence-corrected chi connectivity index (χ4v) is 5.13. The SMILES string of the molecule is Cn1ccnc1S[C@@H](Cc1ccccc1)[C@H](CC(=O)c1ccccc1)c1ccccc1. The van der Waals surface area contributed by atoms with Crippen molar-refractivity contribution in [3.63, 3.8) is 0 Å². The van der Waals surface area contributed by atoms with Gasteiger partial charge in [0.1, 0.15) is 0 Å². The molecule has 4 heteroatoms. The third-order valence-electron chi connectivity index (χ3n) is 5.49. The van der Waals surface area contributed by atoms with Gasteiger partial charge in [0, 0.05) is 42.6 Å². The molecule has 0 aliphatic rings. The molecule has 0 aliphatic heterocycles. The van der Waals surface area contributed by atoms with Gasteiger partial charge < -0.3 is 4.57 Å². The first kappa shape index (κ1) is 21.1. The van der Waals surface area contributed by atoms with Crippen LogP contribution in [-0.4, -0.2) is 20.6 Å². The number of aromatic nitrogens is 2. The Morgan fingerprint density at radius 1 is 0.903 bits per heavy atom. The molecule has 31 heavy (non-hydrogen) atoms. The minimum atomic E-state index is 0.0656. The van der Waals surface area contributed by atoms with Gasteiger partial charge in [-0.25, -0.2) is 4.98 Å². The molecule has 2 atom stereocenters. The maximum absolute atomic E-state index is 13.2. The van der Waals surface area contributed by atoms with Crippen molar-refractivity contribution in [1.82, 2.24) is 9.55 Å². The minimum Gasteiger partial charge on any atom is -0.329 e. The summed E-state index contributed by atoms with van der Waals surface area (Å²) in [4.78, 5) is 17.8. The number of rotatable bonds is 9. The molecule has 3 aromatic carbocycles. The van der Waals surface area contributed by atoms with Crippen molar-refractivity contribution < 1.29 is 4.79 Å². The highest BCUT2D eigenvalue weighted by molar-refractivity contribution is 7.99. The van der Waals surface area contributed by atoms with Crippen LogP contribution in [0, 0.1) is 0 Å². The van der Waals surface area contributed by atoms with Crippen LogP contribution in [0.25, 0.3) is 0 Å². The molecule has 0 saturated heterocycles. The van der Waals surface area contributed by atoms with Crippen molar-refractivity contribution in [3.05, 3.63) is 120 Å². The molecule has 0 fully saturated rings. The molecule has 1 aromatic heterocycles. The van der Waals surface area contributed by atoms with Crippen molar-refractivity contribution >= 4 is 17.5 Å². The third-order valence-corrected chi connectivity index (χ3v) is 6.89. The number of aryl methyl sites for hydroxylation is 1. The minimum absolute atomic E-state index is 0.0656. The first-order valence-corrected chi connectivity index (χ1v) is 11.4. The summed E-state index contributed by atoms with van der Waals surface area (Å²) in [5, 5.41) is 1.13. The average Bonchev–Trinajstić information content (AvgIpc) is 3.23. The highest BCUT2D eigenvalue weighted by Gasteiger charge is 2.28. The van der Waals surface area contributed by atoms with E-state index in [2.05, 4.69) is 53.5 Å². The number of hydrogen-bond donors (Lipinski definition) is 0. The zero-order valence-electron chi connectivity index (χ0n) is 17.6. The van der Waals surface area contributed by atoms with Crippen LogP contribution < -0.4 is 0 Å². The summed E-state index contributed by atoms with van der Waals surface area (Å²) >= 11 is 1.76. The Labute approximate surface area is 188 Å². The zero-order valence-corrected chi connectivity index (χ0v) is 18.4. The number of nitrogens with zero attached hydrogens (tertiary/aromatic N) is 2. The smallest absolute Gasteiger partial charge is 0.167 e. The summed E-state index contributed by atoms with van der Waals surface area (Å²) in [6.07, 6.45) is 5.12. The summed E-state index contributed by atoms with van der Waals surface area (Å²) in [5.41, 5.74) is 3.22. The Bertz CT molecular complexity index is 1090. The Morgan fingerprint density at radius 3 is 2.13 bits per heavy atom. The lowest BCUT2D eigenvalue weighted by atomic mass is 9.86. The number of benzene rings is 3. The van der Waals surface area contributed by atoms with Gasteiger partial charge in [-0.05, 0) is 17.5 Å². The Balaban J connectivity index is 1.69. The molecule has 3 nitrogen and oxygen atoms in total. The van der Waals surface area contributed by atoms with E-state index in [0.717, 1.165) is 17.1 Å². The maximum atomic E-state index is 13.2. The number of Topliss-reactive ketones (excluding diaryl/α,β-unsaturated/α-hetero) is 1. The van der Waals surface area contributed by atoms with Crippen LogP contribution >= 0.6 is 11.8 Å². The zero-order chi connectivity index (χ0) is 21.5. The Hall–Kier alpha value is -3.11. The molecule has 4 aromatic rings. The monoisotopic (exact) mass is 426 g/mol. The van der Waals surface area contributed by atoms with Crippen LogP contribution in [0.3, 0.4) is 0 Å². The van der Waals surface area contributed by atoms with Crippen LogP contribution in [0.15, 0.2) is 109 Å². The number of carbonyl (C=O) groups excluding carboxylic acids is 1. The van der Waals surface area contributed by atoms with Crippen LogP contribution in [0.2, 0.25) is 0 Å². The van der Waals surface area contributed by atoms with Gasteiger partial charge in [0.25, 0.3) is 0 Å². The summed E-state index contributed by atoms with van der Waals surface area (Å²) in [6, 6.07) is 30.5. The predicted molar refractivity (Wildman–Crippen MR) is 128 cm³/mol. The van der Waals surface area contributed by atoms with E-state index in [1.54, 1.807) is 11.8 Å². The highest BCUT2D eigenvalue weighted by Crippen LogP contribution is 2.38. The fourth-order valence-electron chi connectivity index (χ4n) is 3.82. The van der Waals surface area contributed by atoms with Crippen molar-refractivity contribution in [3.8, 4) is 0 Å². The third kappa shape index (κ3) is 5.53. The summed E-state index contributed by atoms with van der Waals surface area (Å²) < 4.78 is 2.05. The normalized spacial score (nSPS) is 12.9. The molecule has 156 valence electrons. The van der Waals surface area contributed by atoms with E-state index in [4.69, 9.17) is 0 Å².